The molecule has 1 aromatic carbocycles. The summed E-state index contributed by atoms with van der Waals surface area (Å²) in [5.74, 6) is 0.813. The molecule has 4 rings (SSSR count). The first kappa shape index (κ1) is 15.8. The summed E-state index contributed by atoms with van der Waals surface area (Å²) in [5.41, 5.74) is 1.77. The van der Waals surface area contributed by atoms with E-state index in [9.17, 15) is 4.79 Å². The van der Waals surface area contributed by atoms with E-state index in [0.717, 1.165) is 42.6 Å². The standard InChI is InChI=1S/C20H21N3O2/c24-20(19-10-17-5-1-2-6-18(17)25-19)23(14-16-7-9-22-12-16)13-15-4-3-8-21-11-15/h1-6,8,10-11,16,22H,7,9,12-14H2/t16-/m1/s1. The zero-order chi connectivity index (χ0) is 17.1. The van der Waals surface area contributed by atoms with Crippen LogP contribution in [-0.4, -0.2) is 35.4 Å². The topological polar surface area (TPSA) is 58.4 Å². The fourth-order valence-corrected chi connectivity index (χ4v) is 3.36. The van der Waals surface area contributed by atoms with Gasteiger partial charge in [-0.2, -0.15) is 0 Å². The molecule has 1 N–H and O–H groups in total. The van der Waals surface area contributed by atoms with Gasteiger partial charge in [0.25, 0.3) is 5.91 Å². The Morgan fingerprint density at radius 1 is 1.28 bits per heavy atom. The second-order valence-electron chi connectivity index (χ2n) is 6.55. The lowest BCUT2D eigenvalue weighted by atomic mass is 10.1. The van der Waals surface area contributed by atoms with Gasteiger partial charge < -0.3 is 14.6 Å². The lowest BCUT2D eigenvalue weighted by Crippen LogP contribution is -2.35. The molecule has 3 aromatic rings. The van der Waals surface area contributed by atoms with Crippen LogP contribution in [0.2, 0.25) is 0 Å². The smallest absolute Gasteiger partial charge is 0.289 e. The third kappa shape index (κ3) is 3.56. The van der Waals surface area contributed by atoms with E-state index < -0.39 is 0 Å². The highest BCUT2D eigenvalue weighted by Crippen LogP contribution is 2.22. The van der Waals surface area contributed by atoms with E-state index in [1.165, 1.54) is 0 Å². The number of nitrogens with one attached hydrogen (secondary N) is 1. The van der Waals surface area contributed by atoms with Crippen molar-refractivity contribution in [3.05, 3.63) is 66.2 Å². The van der Waals surface area contributed by atoms with Crippen LogP contribution in [0.3, 0.4) is 0 Å². The lowest BCUT2D eigenvalue weighted by molar-refractivity contribution is 0.0688. The summed E-state index contributed by atoms with van der Waals surface area (Å²) < 4.78 is 5.79. The molecule has 25 heavy (non-hydrogen) atoms. The predicted molar refractivity (Wildman–Crippen MR) is 96.2 cm³/mol. The summed E-state index contributed by atoms with van der Waals surface area (Å²) in [6, 6.07) is 13.4. The van der Waals surface area contributed by atoms with Crippen LogP contribution >= 0.6 is 0 Å². The third-order valence-electron chi connectivity index (χ3n) is 4.66. The number of fused-ring (bicyclic) bond motifs is 1. The van der Waals surface area contributed by atoms with Crippen molar-refractivity contribution in [2.24, 2.45) is 5.92 Å². The van der Waals surface area contributed by atoms with Crippen molar-refractivity contribution in [2.75, 3.05) is 19.6 Å². The van der Waals surface area contributed by atoms with Gasteiger partial charge in [-0.3, -0.25) is 9.78 Å². The van der Waals surface area contributed by atoms with Crippen LogP contribution in [0, 0.1) is 5.92 Å². The molecule has 3 heterocycles. The van der Waals surface area contributed by atoms with Crippen LogP contribution in [0.4, 0.5) is 0 Å². The van der Waals surface area contributed by atoms with Crippen molar-refractivity contribution in [3.63, 3.8) is 0 Å². The van der Waals surface area contributed by atoms with Crippen LogP contribution in [0.25, 0.3) is 11.0 Å². The Hall–Kier alpha value is -2.66. The van der Waals surface area contributed by atoms with Gasteiger partial charge in [0.15, 0.2) is 5.76 Å². The maximum absolute atomic E-state index is 13.1. The number of carbonyl (C=O) groups is 1. The Bertz CT molecular complexity index is 821. The normalized spacial score (nSPS) is 17.0. The summed E-state index contributed by atoms with van der Waals surface area (Å²) in [4.78, 5) is 19.1. The average Bonchev–Trinajstić information content (AvgIpc) is 3.30. The maximum atomic E-state index is 13.1. The number of amides is 1. The molecular formula is C20H21N3O2. The molecule has 1 aliphatic rings. The molecule has 5 heteroatoms. The van der Waals surface area contributed by atoms with Crippen LogP contribution in [0.5, 0.6) is 0 Å². The van der Waals surface area contributed by atoms with Gasteiger partial charge in [-0.25, -0.2) is 0 Å². The Morgan fingerprint density at radius 3 is 2.96 bits per heavy atom. The zero-order valence-corrected chi connectivity index (χ0v) is 14.0. The number of para-hydroxylation sites is 1. The number of benzene rings is 1. The van der Waals surface area contributed by atoms with Crippen molar-refractivity contribution in [1.29, 1.82) is 0 Å². The van der Waals surface area contributed by atoms with E-state index in [-0.39, 0.29) is 5.91 Å². The molecule has 5 nitrogen and oxygen atoms in total. The minimum Gasteiger partial charge on any atom is -0.451 e. The highest BCUT2D eigenvalue weighted by molar-refractivity contribution is 5.96. The number of hydrogen-bond acceptors (Lipinski definition) is 4. The fourth-order valence-electron chi connectivity index (χ4n) is 3.36. The summed E-state index contributed by atoms with van der Waals surface area (Å²) in [5, 5.41) is 4.32. The number of furan rings is 1. The number of nitrogens with zero attached hydrogens (tertiary/aromatic N) is 2. The molecule has 1 amide bonds. The van der Waals surface area contributed by atoms with E-state index in [1.807, 2.05) is 53.6 Å². The van der Waals surface area contributed by atoms with Crippen LogP contribution in [0.15, 0.2) is 59.3 Å². The van der Waals surface area contributed by atoms with Crippen molar-refractivity contribution < 1.29 is 9.21 Å². The van der Waals surface area contributed by atoms with Gasteiger partial charge in [0, 0.05) is 30.9 Å². The molecule has 1 saturated heterocycles. The number of hydrogen-bond donors (Lipinski definition) is 1. The van der Waals surface area contributed by atoms with Crippen LogP contribution in [0.1, 0.15) is 22.5 Å². The largest absolute Gasteiger partial charge is 0.451 e. The summed E-state index contributed by atoms with van der Waals surface area (Å²) in [6.07, 6.45) is 4.65. The first-order valence-electron chi connectivity index (χ1n) is 8.67. The average molecular weight is 335 g/mol. The van der Waals surface area contributed by atoms with Crippen molar-refractivity contribution in [1.82, 2.24) is 15.2 Å². The van der Waals surface area contributed by atoms with Gasteiger partial charge in [0.1, 0.15) is 5.58 Å². The van der Waals surface area contributed by atoms with Gasteiger partial charge in [-0.05, 0) is 49.2 Å². The maximum Gasteiger partial charge on any atom is 0.289 e. The van der Waals surface area contributed by atoms with Crippen molar-refractivity contribution in [3.8, 4) is 0 Å². The Morgan fingerprint density at radius 2 is 2.20 bits per heavy atom. The molecule has 1 aliphatic heterocycles. The second-order valence-corrected chi connectivity index (χ2v) is 6.55. The zero-order valence-electron chi connectivity index (χ0n) is 14.0. The first-order chi connectivity index (χ1) is 12.3. The molecule has 0 bridgehead atoms. The highest BCUT2D eigenvalue weighted by atomic mass is 16.3. The van der Waals surface area contributed by atoms with Crippen LogP contribution < -0.4 is 5.32 Å². The van der Waals surface area contributed by atoms with Gasteiger partial charge in [-0.1, -0.05) is 24.3 Å². The van der Waals surface area contributed by atoms with E-state index >= 15 is 0 Å². The molecule has 0 saturated carbocycles. The van der Waals surface area contributed by atoms with Crippen molar-refractivity contribution >= 4 is 16.9 Å². The van der Waals surface area contributed by atoms with Crippen LogP contribution in [-0.2, 0) is 6.54 Å². The molecule has 0 unspecified atom stereocenters. The molecule has 1 fully saturated rings. The Labute approximate surface area is 146 Å². The predicted octanol–water partition coefficient (Wildman–Crippen LogP) is 3.08. The molecule has 0 spiro atoms. The molecule has 1 atom stereocenters. The quantitative estimate of drug-likeness (QED) is 0.778. The molecule has 0 aliphatic carbocycles. The number of aromatic nitrogens is 1. The van der Waals surface area contributed by atoms with E-state index in [2.05, 4.69) is 10.3 Å². The fraction of sp³-hybridized carbons (Fsp3) is 0.300. The lowest BCUT2D eigenvalue weighted by Gasteiger charge is -2.24. The highest BCUT2D eigenvalue weighted by Gasteiger charge is 2.25. The number of pyridine rings is 1. The van der Waals surface area contributed by atoms with E-state index in [1.54, 1.807) is 6.20 Å². The SMILES string of the molecule is O=C(c1cc2ccccc2o1)N(Cc1cccnc1)C[C@@H]1CCNC1. The monoisotopic (exact) mass is 335 g/mol. The summed E-state index contributed by atoms with van der Waals surface area (Å²) in [7, 11) is 0. The Kier molecular flexibility index (Phi) is 4.48. The third-order valence-corrected chi connectivity index (χ3v) is 4.66. The molecule has 128 valence electrons. The van der Waals surface area contributed by atoms with Gasteiger partial charge in [0.05, 0.1) is 0 Å². The Balaban J connectivity index is 1.59. The number of carbonyl (C=O) groups excluding carboxylic acids is 1. The first-order valence-corrected chi connectivity index (χ1v) is 8.67. The summed E-state index contributed by atoms with van der Waals surface area (Å²) >= 11 is 0. The second kappa shape index (κ2) is 7.07. The minimum atomic E-state index is -0.0630. The molecule has 2 aromatic heterocycles. The molecular weight excluding hydrogens is 314 g/mol. The van der Waals surface area contributed by atoms with Crippen molar-refractivity contribution in [2.45, 2.75) is 13.0 Å². The van der Waals surface area contributed by atoms with E-state index in [0.29, 0.717) is 18.2 Å². The number of rotatable bonds is 5. The summed E-state index contributed by atoms with van der Waals surface area (Å²) in [6.45, 7) is 3.24. The minimum absolute atomic E-state index is 0.0630. The van der Waals surface area contributed by atoms with Gasteiger partial charge in [-0.15, -0.1) is 0 Å². The van der Waals surface area contributed by atoms with Gasteiger partial charge in [0.2, 0.25) is 0 Å². The molecule has 0 radical (unpaired) electrons. The van der Waals surface area contributed by atoms with Gasteiger partial charge >= 0.3 is 0 Å². The van der Waals surface area contributed by atoms with E-state index in [4.69, 9.17) is 4.42 Å².